The molecule has 3 N–H and O–H groups in total. The lowest BCUT2D eigenvalue weighted by molar-refractivity contribution is 0.0630. The highest BCUT2D eigenvalue weighted by atomic mass is 16.3. The number of amides is 1. The Bertz CT molecular complexity index is 1540. The minimum Gasteiger partial charge on any atom is -0.389 e. The summed E-state index contributed by atoms with van der Waals surface area (Å²) in [6, 6.07) is 10.3. The summed E-state index contributed by atoms with van der Waals surface area (Å²) >= 11 is 0. The van der Waals surface area contributed by atoms with Crippen LogP contribution in [0.15, 0.2) is 42.7 Å². The van der Waals surface area contributed by atoms with E-state index in [9.17, 15) is 9.90 Å². The zero-order valence-electron chi connectivity index (χ0n) is 25.6. The van der Waals surface area contributed by atoms with E-state index in [1.165, 1.54) is 0 Å². The van der Waals surface area contributed by atoms with Gasteiger partial charge in [0.1, 0.15) is 0 Å². The Kier molecular flexibility index (Phi) is 8.63. The predicted molar refractivity (Wildman–Crippen MR) is 167 cm³/mol. The molecule has 1 saturated heterocycles. The smallest absolute Gasteiger partial charge is 0.258 e. The normalized spacial score (nSPS) is 14.7. The molecule has 1 aliphatic heterocycles. The second-order valence-electron chi connectivity index (χ2n) is 12.3. The van der Waals surface area contributed by atoms with Crippen LogP contribution in [0.4, 0.5) is 11.6 Å². The number of piperidine rings is 1. The Morgan fingerprint density at radius 1 is 1.14 bits per heavy atom. The van der Waals surface area contributed by atoms with Gasteiger partial charge in [-0.05, 0) is 78.0 Å². The van der Waals surface area contributed by atoms with Crippen molar-refractivity contribution in [3.8, 4) is 11.3 Å². The number of nitrogens with one attached hydrogen (secondary N) is 2. The number of carbonyl (C=O) groups is 1. The second-order valence-corrected chi connectivity index (χ2v) is 12.3. The van der Waals surface area contributed by atoms with Crippen LogP contribution in [0.3, 0.4) is 0 Å². The number of aliphatic hydroxyl groups is 1. The molecular formula is C31H43N9O2. The molecule has 1 aliphatic rings. The molecule has 11 heteroatoms. The lowest BCUT2D eigenvalue weighted by atomic mass is 10.0. The van der Waals surface area contributed by atoms with Crippen molar-refractivity contribution in [3.63, 3.8) is 0 Å². The van der Waals surface area contributed by atoms with Crippen LogP contribution in [0.1, 0.15) is 42.7 Å². The average Bonchev–Trinajstić information content (AvgIpc) is 3.50. The summed E-state index contributed by atoms with van der Waals surface area (Å²) < 4.78 is 3.61. The molecule has 3 aromatic heterocycles. The van der Waals surface area contributed by atoms with Crippen LogP contribution in [0.2, 0.25) is 0 Å². The number of likely N-dealkylation sites (N-methyl/N-ethyl adjacent to an activating group) is 1. The Morgan fingerprint density at radius 3 is 2.57 bits per heavy atom. The summed E-state index contributed by atoms with van der Waals surface area (Å²) in [7, 11) is 6.04. The number of hydrogen-bond acceptors (Lipinski definition) is 8. The molecular weight excluding hydrogens is 530 g/mol. The Labute approximate surface area is 247 Å². The third-order valence-electron chi connectivity index (χ3n) is 7.57. The SMILES string of the molecule is Cc1cc(C(=O)Nc2nc3ccc(N4CCC(NCCN(C)C)CC4)cc3n2CC(C)(C)O)cc(-c2cnn(C)c2)n1. The van der Waals surface area contributed by atoms with Gasteiger partial charge in [0.25, 0.3) is 5.91 Å². The molecule has 0 saturated carbocycles. The van der Waals surface area contributed by atoms with Gasteiger partial charge >= 0.3 is 0 Å². The van der Waals surface area contributed by atoms with E-state index in [2.05, 4.69) is 56.7 Å². The fourth-order valence-corrected chi connectivity index (χ4v) is 5.46. The molecule has 4 heterocycles. The van der Waals surface area contributed by atoms with E-state index in [4.69, 9.17) is 4.98 Å². The van der Waals surface area contributed by atoms with Gasteiger partial charge in [-0.3, -0.25) is 19.8 Å². The molecule has 0 unspecified atom stereocenters. The third kappa shape index (κ3) is 7.15. The fraction of sp³-hybridized carbons (Fsp3) is 0.484. The predicted octanol–water partition coefficient (Wildman–Crippen LogP) is 3.28. The van der Waals surface area contributed by atoms with Gasteiger partial charge in [0, 0.05) is 68.0 Å². The lowest BCUT2D eigenvalue weighted by Gasteiger charge is -2.34. The maximum Gasteiger partial charge on any atom is 0.258 e. The van der Waals surface area contributed by atoms with Crippen molar-refractivity contribution in [2.45, 2.75) is 51.8 Å². The van der Waals surface area contributed by atoms with Gasteiger partial charge in [-0.2, -0.15) is 5.10 Å². The highest BCUT2D eigenvalue weighted by molar-refractivity contribution is 6.04. The van der Waals surface area contributed by atoms with E-state index in [1.54, 1.807) is 36.9 Å². The van der Waals surface area contributed by atoms with E-state index >= 15 is 0 Å². The lowest BCUT2D eigenvalue weighted by Crippen LogP contribution is -2.44. The van der Waals surface area contributed by atoms with Crippen molar-refractivity contribution in [1.29, 1.82) is 0 Å². The Hall–Kier alpha value is -3.80. The molecule has 0 spiro atoms. The zero-order valence-corrected chi connectivity index (χ0v) is 25.6. The number of fused-ring (bicyclic) bond motifs is 1. The minimum atomic E-state index is -1.01. The standard InChI is InChI=1S/C31H43N9O2/c1-21-15-22(16-27(34-21)23-18-33-38(6)19-23)29(41)36-30-35-26-8-7-25(17-28(26)40(30)20-31(2,3)42)39-12-9-24(10-13-39)32-11-14-37(4)5/h7-8,15-19,24,32,42H,9-14,20H2,1-6H3,(H,35,36,41). The monoisotopic (exact) mass is 573 g/mol. The summed E-state index contributed by atoms with van der Waals surface area (Å²) in [4.78, 5) is 27.5. The zero-order chi connectivity index (χ0) is 30.0. The number of pyridine rings is 1. The van der Waals surface area contributed by atoms with Crippen molar-refractivity contribution >= 4 is 28.6 Å². The average molecular weight is 574 g/mol. The molecule has 5 rings (SSSR count). The number of carbonyl (C=O) groups excluding carboxylic acids is 1. The number of nitrogens with zero attached hydrogens (tertiary/aromatic N) is 7. The van der Waals surface area contributed by atoms with E-state index in [-0.39, 0.29) is 12.5 Å². The first-order valence-electron chi connectivity index (χ1n) is 14.6. The van der Waals surface area contributed by atoms with Crippen LogP contribution in [0.5, 0.6) is 0 Å². The number of hydrogen-bond donors (Lipinski definition) is 3. The molecule has 0 bridgehead atoms. The maximum absolute atomic E-state index is 13.5. The van der Waals surface area contributed by atoms with E-state index < -0.39 is 5.60 Å². The topological polar surface area (TPSA) is 116 Å². The minimum absolute atomic E-state index is 0.275. The molecule has 11 nitrogen and oxygen atoms in total. The first kappa shape index (κ1) is 29.7. The number of rotatable bonds is 10. The quantitative estimate of drug-likeness (QED) is 0.265. The molecule has 4 aromatic rings. The Balaban J connectivity index is 1.38. The fourth-order valence-electron chi connectivity index (χ4n) is 5.46. The summed E-state index contributed by atoms with van der Waals surface area (Å²) in [5.74, 6) is 0.109. The summed E-state index contributed by atoms with van der Waals surface area (Å²) in [6.07, 6.45) is 5.77. The third-order valence-corrected chi connectivity index (χ3v) is 7.57. The van der Waals surface area contributed by atoms with Gasteiger partial charge in [-0.25, -0.2) is 4.98 Å². The van der Waals surface area contributed by atoms with Crippen LogP contribution in [0.25, 0.3) is 22.3 Å². The van der Waals surface area contributed by atoms with E-state index in [1.807, 2.05) is 30.8 Å². The second kappa shape index (κ2) is 12.2. The van der Waals surface area contributed by atoms with Crippen molar-refractivity contribution in [3.05, 3.63) is 54.0 Å². The van der Waals surface area contributed by atoms with Crippen molar-refractivity contribution < 1.29 is 9.90 Å². The number of imidazole rings is 1. The molecule has 1 fully saturated rings. The van der Waals surface area contributed by atoms with Crippen molar-refractivity contribution in [1.82, 2.24) is 34.5 Å². The largest absolute Gasteiger partial charge is 0.389 e. The molecule has 1 amide bonds. The first-order chi connectivity index (χ1) is 19.9. The highest BCUT2D eigenvalue weighted by Crippen LogP contribution is 2.29. The molecule has 0 atom stereocenters. The van der Waals surface area contributed by atoms with Gasteiger partial charge in [0.05, 0.1) is 35.1 Å². The first-order valence-corrected chi connectivity index (χ1v) is 14.6. The number of anilines is 2. The molecule has 42 heavy (non-hydrogen) atoms. The van der Waals surface area contributed by atoms with Crippen LogP contribution in [-0.2, 0) is 13.6 Å². The molecule has 0 aliphatic carbocycles. The van der Waals surface area contributed by atoms with Gasteiger partial charge in [-0.15, -0.1) is 0 Å². The molecule has 224 valence electrons. The summed E-state index contributed by atoms with van der Waals surface area (Å²) in [5, 5.41) is 21.7. The van der Waals surface area contributed by atoms with Crippen LogP contribution < -0.4 is 15.5 Å². The molecule has 0 radical (unpaired) electrons. The number of aryl methyl sites for hydroxylation is 2. The van der Waals surface area contributed by atoms with E-state index in [0.29, 0.717) is 23.2 Å². The number of aromatic nitrogens is 5. The Morgan fingerprint density at radius 2 is 1.90 bits per heavy atom. The van der Waals surface area contributed by atoms with Gasteiger partial charge in [0.2, 0.25) is 5.95 Å². The maximum atomic E-state index is 13.5. The van der Waals surface area contributed by atoms with Gasteiger partial charge in [-0.1, -0.05) is 0 Å². The molecule has 1 aromatic carbocycles. The van der Waals surface area contributed by atoms with Crippen LogP contribution >= 0.6 is 0 Å². The van der Waals surface area contributed by atoms with Gasteiger partial charge in [0.15, 0.2) is 0 Å². The summed E-state index contributed by atoms with van der Waals surface area (Å²) in [5.41, 5.74) is 4.47. The van der Waals surface area contributed by atoms with E-state index in [0.717, 1.165) is 67.0 Å². The van der Waals surface area contributed by atoms with Crippen molar-refractivity contribution in [2.75, 3.05) is 50.5 Å². The van der Waals surface area contributed by atoms with Crippen LogP contribution in [0, 0.1) is 6.92 Å². The van der Waals surface area contributed by atoms with Crippen LogP contribution in [-0.4, -0.2) is 92.1 Å². The number of benzene rings is 1. The van der Waals surface area contributed by atoms with Crippen molar-refractivity contribution in [2.24, 2.45) is 7.05 Å². The summed E-state index contributed by atoms with van der Waals surface area (Å²) in [6.45, 7) is 9.63. The van der Waals surface area contributed by atoms with Gasteiger partial charge < -0.3 is 24.8 Å². The highest BCUT2D eigenvalue weighted by Gasteiger charge is 2.24.